The highest BCUT2D eigenvalue weighted by Crippen LogP contribution is 2.24. The maximum absolute atomic E-state index is 5.85. The van der Waals surface area contributed by atoms with Gasteiger partial charge in [0, 0.05) is 24.8 Å². The Morgan fingerprint density at radius 1 is 1.18 bits per heavy atom. The van der Waals surface area contributed by atoms with Gasteiger partial charge < -0.3 is 21.3 Å². The van der Waals surface area contributed by atoms with E-state index in [0.29, 0.717) is 17.4 Å². The van der Waals surface area contributed by atoms with E-state index in [9.17, 15) is 0 Å². The van der Waals surface area contributed by atoms with Gasteiger partial charge in [0.15, 0.2) is 0 Å². The van der Waals surface area contributed by atoms with E-state index >= 15 is 0 Å². The molecule has 0 radical (unpaired) electrons. The van der Waals surface area contributed by atoms with Crippen LogP contribution in [0.2, 0.25) is 0 Å². The van der Waals surface area contributed by atoms with Gasteiger partial charge in [-0.05, 0) is 46.1 Å². The summed E-state index contributed by atoms with van der Waals surface area (Å²) in [7, 11) is 4.17. The van der Waals surface area contributed by atoms with Crippen molar-refractivity contribution in [3.8, 4) is 0 Å². The molecule has 4 heteroatoms. The minimum absolute atomic E-state index is 0.443. The SMILES string of the molecule is CCN(c1ccc(N)c(N)c1)C(C)CN(C)C. The zero-order valence-corrected chi connectivity index (χ0v) is 11.3. The van der Waals surface area contributed by atoms with E-state index in [-0.39, 0.29) is 0 Å². The Morgan fingerprint density at radius 3 is 2.29 bits per heavy atom. The van der Waals surface area contributed by atoms with E-state index in [1.54, 1.807) is 0 Å². The Bertz CT molecular complexity index is 362. The average molecular weight is 236 g/mol. The Hall–Kier alpha value is -1.42. The van der Waals surface area contributed by atoms with Crippen LogP contribution in [0, 0.1) is 0 Å². The van der Waals surface area contributed by atoms with Crippen LogP contribution in [0.15, 0.2) is 18.2 Å². The molecule has 1 aromatic rings. The van der Waals surface area contributed by atoms with Crippen LogP contribution < -0.4 is 16.4 Å². The lowest BCUT2D eigenvalue weighted by atomic mass is 10.2. The zero-order chi connectivity index (χ0) is 13.0. The van der Waals surface area contributed by atoms with Crippen molar-refractivity contribution in [3.63, 3.8) is 0 Å². The average Bonchev–Trinajstić information content (AvgIpc) is 2.23. The predicted octanol–water partition coefficient (Wildman–Crippen LogP) is 1.63. The largest absolute Gasteiger partial charge is 0.397 e. The fourth-order valence-corrected chi connectivity index (χ4v) is 2.12. The standard InChI is InChI=1S/C13H24N4/c1-5-17(10(2)9-16(3)4)11-6-7-12(14)13(15)8-11/h6-8,10H,5,9,14-15H2,1-4H3. The topological polar surface area (TPSA) is 58.5 Å². The summed E-state index contributed by atoms with van der Waals surface area (Å²) in [5.41, 5.74) is 14.0. The molecule has 1 unspecified atom stereocenters. The van der Waals surface area contributed by atoms with Crippen molar-refractivity contribution < 1.29 is 0 Å². The summed E-state index contributed by atoms with van der Waals surface area (Å²) in [6.45, 7) is 6.34. The molecule has 1 atom stereocenters. The smallest absolute Gasteiger partial charge is 0.0568 e. The molecule has 0 saturated heterocycles. The molecule has 17 heavy (non-hydrogen) atoms. The summed E-state index contributed by atoms with van der Waals surface area (Å²) in [6, 6.07) is 6.29. The Balaban J connectivity index is 2.89. The second kappa shape index (κ2) is 5.77. The maximum Gasteiger partial charge on any atom is 0.0568 e. The normalized spacial score (nSPS) is 12.8. The van der Waals surface area contributed by atoms with Crippen LogP contribution in [0.3, 0.4) is 0 Å². The summed E-state index contributed by atoms with van der Waals surface area (Å²) < 4.78 is 0. The third-order valence-corrected chi connectivity index (χ3v) is 2.90. The number of nitrogens with zero attached hydrogens (tertiary/aromatic N) is 2. The van der Waals surface area contributed by atoms with Gasteiger partial charge in [0.25, 0.3) is 0 Å². The third-order valence-electron chi connectivity index (χ3n) is 2.90. The van der Waals surface area contributed by atoms with Crippen LogP contribution in [-0.4, -0.2) is 38.1 Å². The first-order valence-corrected chi connectivity index (χ1v) is 6.02. The molecular formula is C13H24N4. The third kappa shape index (κ3) is 3.53. The number of hydrogen-bond donors (Lipinski definition) is 2. The van der Waals surface area contributed by atoms with Crippen molar-refractivity contribution in [1.82, 2.24) is 4.90 Å². The number of benzene rings is 1. The molecule has 1 aromatic carbocycles. The summed E-state index contributed by atoms with van der Waals surface area (Å²) in [4.78, 5) is 4.52. The second-order valence-electron chi connectivity index (χ2n) is 4.71. The molecule has 4 nitrogen and oxygen atoms in total. The molecule has 1 rings (SSSR count). The van der Waals surface area contributed by atoms with Gasteiger partial charge in [-0.3, -0.25) is 0 Å². The lowest BCUT2D eigenvalue weighted by Crippen LogP contribution is -2.40. The lowest BCUT2D eigenvalue weighted by molar-refractivity contribution is 0.373. The maximum atomic E-state index is 5.85. The van der Waals surface area contributed by atoms with E-state index in [0.717, 1.165) is 18.8 Å². The molecule has 0 aliphatic rings. The Morgan fingerprint density at radius 2 is 1.82 bits per heavy atom. The van der Waals surface area contributed by atoms with Gasteiger partial charge in [-0.2, -0.15) is 0 Å². The summed E-state index contributed by atoms with van der Waals surface area (Å²) >= 11 is 0. The Labute approximate surface area is 104 Å². The fraction of sp³-hybridized carbons (Fsp3) is 0.538. The van der Waals surface area contributed by atoms with Crippen LogP contribution in [0.4, 0.5) is 17.1 Å². The molecule has 0 amide bonds. The van der Waals surface area contributed by atoms with Crippen LogP contribution in [0.5, 0.6) is 0 Å². The monoisotopic (exact) mass is 236 g/mol. The van der Waals surface area contributed by atoms with E-state index in [1.807, 2.05) is 18.2 Å². The molecule has 0 spiro atoms. The first-order chi connectivity index (χ1) is 7.95. The van der Waals surface area contributed by atoms with E-state index in [2.05, 4.69) is 37.7 Å². The number of likely N-dealkylation sites (N-methyl/N-ethyl adjacent to an activating group) is 2. The molecular weight excluding hydrogens is 212 g/mol. The van der Waals surface area contributed by atoms with E-state index < -0.39 is 0 Å². The van der Waals surface area contributed by atoms with Crippen molar-refractivity contribution in [2.45, 2.75) is 19.9 Å². The Kier molecular flexibility index (Phi) is 4.63. The first kappa shape index (κ1) is 13.6. The fourth-order valence-electron chi connectivity index (χ4n) is 2.12. The molecule has 96 valence electrons. The van der Waals surface area contributed by atoms with Crippen molar-refractivity contribution in [2.75, 3.05) is 43.6 Å². The molecule has 0 bridgehead atoms. The molecule has 4 N–H and O–H groups in total. The van der Waals surface area contributed by atoms with Crippen LogP contribution in [-0.2, 0) is 0 Å². The number of rotatable bonds is 5. The van der Waals surface area contributed by atoms with Crippen molar-refractivity contribution in [1.29, 1.82) is 0 Å². The minimum atomic E-state index is 0.443. The van der Waals surface area contributed by atoms with Crippen molar-refractivity contribution in [3.05, 3.63) is 18.2 Å². The first-order valence-electron chi connectivity index (χ1n) is 6.02. The van der Waals surface area contributed by atoms with Gasteiger partial charge in [-0.25, -0.2) is 0 Å². The van der Waals surface area contributed by atoms with Gasteiger partial charge in [0.1, 0.15) is 0 Å². The van der Waals surface area contributed by atoms with E-state index in [1.165, 1.54) is 0 Å². The van der Waals surface area contributed by atoms with Crippen LogP contribution in [0.25, 0.3) is 0 Å². The second-order valence-corrected chi connectivity index (χ2v) is 4.71. The predicted molar refractivity (Wildman–Crippen MR) is 76.3 cm³/mol. The van der Waals surface area contributed by atoms with Gasteiger partial charge >= 0.3 is 0 Å². The highest BCUT2D eigenvalue weighted by Gasteiger charge is 2.14. The minimum Gasteiger partial charge on any atom is -0.397 e. The summed E-state index contributed by atoms with van der Waals surface area (Å²) in [5, 5.41) is 0. The molecule has 0 heterocycles. The summed E-state index contributed by atoms with van der Waals surface area (Å²) in [6.07, 6.45) is 0. The van der Waals surface area contributed by atoms with Gasteiger partial charge in [-0.1, -0.05) is 0 Å². The number of nitrogen functional groups attached to an aromatic ring is 2. The summed E-state index contributed by atoms with van der Waals surface area (Å²) in [5.74, 6) is 0. The number of hydrogen-bond acceptors (Lipinski definition) is 4. The van der Waals surface area contributed by atoms with Crippen LogP contribution >= 0.6 is 0 Å². The van der Waals surface area contributed by atoms with Crippen molar-refractivity contribution in [2.24, 2.45) is 0 Å². The van der Waals surface area contributed by atoms with E-state index in [4.69, 9.17) is 11.5 Å². The van der Waals surface area contributed by atoms with Crippen molar-refractivity contribution >= 4 is 17.1 Å². The zero-order valence-electron chi connectivity index (χ0n) is 11.3. The number of nitrogens with two attached hydrogens (primary N) is 2. The quantitative estimate of drug-likeness (QED) is 0.763. The highest BCUT2D eigenvalue weighted by atomic mass is 15.2. The lowest BCUT2D eigenvalue weighted by Gasteiger charge is -2.32. The molecule has 0 fully saturated rings. The number of anilines is 3. The van der Waals surface area contributed by atoms with Gasteiger partial charge in [0.2, 0.25) is 0 Å². The molecule has 0 aromatic heterocycles. The van der Waals surface area contributed by atoms with Gasteiger partial charge in [0.05, 0.1) is 11.4 Å². The molecule has 0 aliphatic heterocycles. The highest BCUT2D eigenvalue weighted by molar-refractivity contribution is 5.70. The van der Waals surface area contributed by atoms with Gasteiger partial charge in [-0.15, -0.1) is 0 Å². The molecule has 0 saturated carbocycles. The van der Waals surface area contributed by atoms with Crippen LogP contribution in [0.1, 0.15) is 13.8 Å². The molecule has 0 aliphatic carbocycles.